The minimum atomic E-state index is -2.39. The average molecular weight is 244 g/mol. The van der Waals surface area contributed by atoms with Crippen molar-refractivity contribution in [3.63, 3.8) is 0 Å². The van der Waals surface area contributed by atoms with Gasteiger partial charge in [0.15, 0.2) is 5.75 Å². The summed E-state index contributed by atoms with van der Waals surface area (Å²) in [6.07, 6.45) is 0. The van der Waals surface area contributed by atoms with Crippen LogP contribution in [-0.2, 0) is 0 Å². The third-order valence-corrected chi connectivity index (χ3v) is 4.59. The van der Waals surface area contributed by atoms with Gasteiger partial charge in [0.1, 0.15) is 5.69 Å². The Bertz CT molecular complexity index is 496. The normalized spacial score (nSPS) is 23.1. The van der Waals surface area contributed by atoms with Gasteiger partial charge in [0.2, 0.25) is 5.75 Å². The fourth-order valence-corrected chi connectivity index (χ4v) is 3.99. The van der Waals surface area contributed by atoms with Crippen LogP contribution in [-0.4, -0.2) is 0 Å². The molecule has 2 aliphatic rings. The van der Waals surface area contributed by atoms with Crippen molar-refractivity contribution >= 4 is 19.4 Å². The molecule has 2 aliphatic heterocycles. The molecule has 4 nitrogen and oxygen atoms in total. The topological polar surface area (TPSA) is 44.6 Å². The van der Waals surface area contributed by atoms with Gasteiger partial charge in [-0.1, -0.05) is 36.0 Å². The molecule has 84 valence electrons. The molecule has 0 radical (unpaired) electrons. The summed E-state index contributed by atoms with van der Waals surface area (Å²) in [5, 5.41) is 7.81. The number of rotatable bonds is 0. The summed E-state index contributed by atoms with van der Waals surface area (Å²) in [7, 11) is -2.39. The highest BCUT2D eigenvalue weighted by Gasteiger charge is 2.48. The summed E-state index contributed by atoms with van der Waals surface area (Å²) in [5.41, 5.74) is 1.79. The van der Waals surface area contributed by atoms with Crippen molar-refractivity contribution < 1.29 is 9.05 Å². The molecule has 2 aromatic carbocycles. The molecule has 2 heterocycles. The lowest BCUT2D eigenvalue weighted by Crippen LogP contribution is -2.04. The number of fused-ring (bicyclic) bond motifs is 2. The van der Waals surface area contributed by atoms with Gasteiger partial charge in [-0.15, -0.1) is 0 Å². The van der Waals surface area contributed by atoms with Crippen LogP contribution in [0.1, 0.15) is 0 Å². The summed E-state index contributed by atoms with van der Waals surface area (Å²) in [6.45, 7) is 0. The van der Waals surface area contributed by atoms with Crippen molar-refractivity contribution in [1.29, 1.82) is 0 Å². The second-order valence-corrected chi connectivity index (χ2v) is 5.71. The van der Waals surface area contributed by atoms with Crippen molar-refractivity contribution in [2.24, 2.45) is 0 Å². The Kier molecular flexibility index (Phi) is 1.64. The number of anilines is 1. The van der Waals surface area contributed by atoms with Crippen LogP contribution in [0.2, 0.25) is 0 Å². The van der Waals surface area contributed by atoms with Crippen LogP contribution >= 0.6 is 8.02 Å². The lowest BCUT2D eigenvalue weighted by molar-refractivity contribution is 0.501. The van der Waals surface area contributed by atoms with Gasteiger partial charge >= 0.3 is 8.02 Å². The van der Waals surface area contributed by atoms with E-state index in [9.17, 15) is 0 Å². The average Bonchev–Trinajstić information content (AvgIpc) is 2.87. The molecule has 1 spiro atoms. The van der Waals surface area contributed by atoms with E-state index in [0.717, 1.165) is 22.9 Å². The summed E-state index contributed by atoms with van der Waals surface area (Å²) < 4.78 is 11.7. The number of hydrogen-bond acceptors (Lipinski definition) is 3. The highest BCUT2D eigenvalue weighted by molar-refractivity contribution is 7.72. The number of nitrogens with one attached hydrogen (secondary N) is 1. The monoisotopic (exact) mass is 244 g/mol. The standard InChI is InChI=1S/C12H9N2O2P/c1-3-7-11-9(5-1)13-17(15-11)14-10-6-2-4-8-12(10)16-17/h1-8,13H. The Morgan fingerprint density at radius 3 is 2.41 bits per heavy atom. The number of hydrogen-bond donors (Lipinski definition) is 1. The van der Waals surface area contributed by atoms with Crippen LogP contribution in [0, 0.1) is 0 Å². The van der Waals surface area contributed by atoms with Crippen LogP contribution in [0.4, 0.5) is 11.4 Å². The molecule has 4 rings (SSSR count). The zero-order valence-electron chi connectivity index (χ0n) is 8.83. The second kappa shape index (κ2) is 3.05. The Labute approximate surface area is 99.2 Å². The van der Waals surface area contributed by atoms with Gasteiger partial charge in [0.25, 0.3) is 0 Å². The van der Waals surface area contributed by atoms with Gasteiger partial charge in [-0.05, 0) is 18.2 Å². The predicted molar refractivity (Wildman–Crippen MR) is 67.7 cm³/mol. The molecule has 2 aromatic rings. The van der Waals surface area contributed by atoms with Crippen molar-refractivity contribution in [2.45, 2.75) is 0 Å². The number of para-hydroxylation sites is 3. The molecule has 0 saturated carbocycles. The van der Waals surface area contributed by atoms with E-state index in [1.807, 2.05) is 48.5 Å². The predicted octanol–water partition coefficient (Wildman–Crippen LogP) is 4.27. The molecule has 0 amide bonds. The minimum absolute atomic E-state index is 0.779. The molecule has 0 fully saturated rings. The van der Waals surface area contributed by atoms with Crippen molar-refractivity contribution in [3.8, 4) is 11.5 Å². The molecule has 1 atom stereocenters. The summed E-state index contributed by atoms with van der Waals surface area (Å²) >= 11 is 0. The molecule has 1 unspecified atom stereocenters. The maximum atomic E-state index is 5.85. The van der Waals surface area contributed by atoms with E-state index in [-0.39, 0.29) is 0 Å². The lowest BCUT2D eigenvalue weighted by Gasteiger charge is -2.20. The maximum absolute atomic E-state index is 5.85. The van der Waals surface area contributed by atoms with Gasteiger partial charge < -0.3 is 5.09 Å². The van der Waals surface area contributed by atoms with Gasteiger partial charge in [-0.2, -0.15) is 5.09 Å². The maximum Gasteiger partial charge on any atom is 0.421 e. The Morgan fingerprint density at radius 2 is 1.59 bits per heavy atom. The van der Waals surface area contributed by atoms with E-state index in [1.54, 1.807) is 0 Å². The first-order chi connectivity index (χ1) is 8.35. The molecule has 0 saturated heterocycles. The molecule has 0 aromatic heterocycles. The second-order valence-electron chi connectivity index (χ2n) is 3.88. The minimum Gasteiger partial charge on any atom is -0.433 e. The van der Waals surface area contributed by atoms with E-state index in [4.69, 9.17) is 9.05 Å². The number of nitrogens with zero attached hydrogens (tertiary/aromatic N) is 1. The SMILES string of the molecule is c1ccc2c(c1)[N-][P+]1(Nc3ccccc3O1)O2. The summed E-state index contributed by atoms with van der Waals surface area (Å²) in [4.78, 5) is 0. The zero-order chi connectivity index (χ0) is 11.3. The molecule has 1 N–H and O–H groups in total. The molecule has 0 aliphatic carbocycles. The zero-order valence-corrected chi connectivity index (χ0v) is 9.72. The van der Waals surface area contributed by atoms with Crippen molar-refractivity contribution in [1.82, 2.24) is 0 Å². The number of benzene rings is 2. The van der Waals surface area contributed by atoms with E-state index >= 15 is 0 Å². The molecular weight excluding hydrogens is 235 g/mol. The molecular formula is C12H9N2O2P. The van der Waals surface area contributed by atoms with E-state index in [2.05, 4.69) is 10.2 Å². The van der Waals surface area contributed by atoms with E-state index in [1.165, 1.54) is 0 Å². The van der Waals surface area contributed by atoms with Crippen LogP contribution in [0.25, 0.3) is 5.09 Å². The van der Waals surface area contributed by atoms with Crippen molar-refractivity contribution in [2.75, 3.05) is 5.09 Å². The smallest absolute Gasteiger partial charge is 0.421 e. The Morgan fingerprint density at radius 1 is 0.882 bits per heavy atom. The Balaban J connectivity index is 1.72. The summed E-state index contributed by atoms with van der Waals surface area (Å²) in [6, 6.07) is 15.5. The van der Waals surface area contributed by atoms with Gasteiger partial charge in [0.05, 0.1) is 0 Å². The van der Waals surface area contributed by atoms with Gasteiger partial charge in [-0.25, -0.2) is 0 Å². The fraction of sp³-hybridized carbons (Fsp3) is 0. The summed E-state index contributed by atoms with van der Waals surface area (Å²) in [5.74, 6) is 1.58. The highest BCUT2D eigenvalue weighted by atomic mass is 31.2. The van der Waals surface area contributed by atoms with Crippen molar-refractivity contribution in [3.05, 3.63) is 53.6 Å². The quantitative estimate of drug-likeness (QED) is 0.704. The molecule has 17 heavy (non-hydrogen) atoms. The van der Waals surface area contributed by atoms with Gasteiger partial charge in [0, 0.05) is 0 Å². The van der Waals surface area contributed by atoms with Crippen LogP contribution in [0.15, 0.2) is 48.5 Å². The first kappa shape index (κ1) is 9.14. The van der Waals surface area contributed by atoms with Crippen LogP contribution < -0.4 is 14.1 Å². The van der Waals surface area contributed by atoms with E-state index in [0.29, 0.717) is 0 Å². The molecule has 5 heteroatoms. The van der Waals surface area contributed by atoms with Crippen LogP contribution in [0.5, 0.6) is 11.5 Å². The van der Waals surface area contributed by atoms with Crippen LogP contribution in [0.3, 0.4) is 0 Å². The third kappa shape index (κ3) is 1.28. The highest BCUT2D eigenvalue weighted by Crippen LogP contribution is 2.77. The largest absolute Gasteiger partial charge is 0.433 e. The third-order valence-electron chi connectivity index (χ3n) is 2.70. The first-order valence-electron chi connectivity index (χ1n) is 5.33. The fourth-order valence-electron chi connectivity index (χ4n) is 1.95. The van der Waals surface area contributed by atoms with E-state index < -0.39 is 8.02 Å². The first-order valence-corrected chi connectivity index (χ1v) is 6.90. The Hall–Kier alpha value is -1.93. The molecule has 0 bridgehead atoms. The lowest BCUT2D eigenvalue weighted by atomic mass is 10.3. The van der Waals surface area contributed by atoms with Gasteiger partial charge in [-0.3, -0.25) is 9.05 Å².